The summed E-state index contributed by atoms with van der Waals surface area (Å²) in [5.41, 5.74) is 0. The minimum Gasteiger partial charge on any atom is -0.464 e. The molecule has 1 atom stereocenters. The second kappa shape index (κ2) is 16.8. The first-order chi connectivity index (χ1) is 10.9. The number of hydrogen-bond donors (Lipinski definition) is 1. The molecule has 0 aromatic carbocycles. The maximum Gasteiger partial charge on any atom is 1.00 e. The molecule has 0 bridgehead atoms. The fraction of sp³-hybridized carbons (Fsp3) is 0.938. The first-order valence-electron chi connectivity index (χ1n) is 8.73. The van der Waals surface area contributed by atoms with Gasteiger partial charge < -0.3 is 4.74 Å². The van der Waals surface area contributed by atoms with E-state index in [0.29, 0.717) is 0 Å². The minimum absolute atomic E-state index is 0. The van der Waals surface area contributed by atoms with Crippen molar-refractivity contribution in [1.82, 2.24) is 0 Å². The maximum atomic E-state index is 11.6. The van der Waals surface area contributed by atoms with Crippen LogP contribution in [0.2, 0.25) is 0 Å². The van der Waals surface area contributed by atoms with E-state index >= 15 is 0 Å². The Hall–Kier alpha value is 0.340. The van der Waals surface area contributed by atoms with E-state index in [1.54, 1.807) is 6.92 Å². The van der Waals surface area contributed by atoms with Crippen LogP contribution >= 0.6 is 0 Å². The normalized spacial score (nSPS) is 12.5. The zero-order valence-corrected chi connectivity index (χ0v) is 18.3. The molecule has 0 amide bonds. The first-order valence-corrected chi connectivity index (χ1v) is 10.1. The van der Waals surface area contributed by atoms with Crippen LogP contribution in [0.5, 0.6) is 0 Å². The molecule has 0 aliphatic rings. The van der Waals surface area contributed by atoms with E-state index in [-0.39, 0.29) is 42.6 Å². The summed E-state index contributed by atoms with van der Waals surface area (Å²) in [6.45, 7) is 4.04. The molecule has 24 heavy (non-hydrogen) atoms. The van der Waals surface area contributed by atoms with Crippen molar-refractivity contribution in [2.24, 2.45) is 0 Å². The quantitative estimate of drug-likeness (QED) is 0.199. The average Bonchev–Trinajstić information content (AvgIpc) is 2.49. The van der Waals surface area contributed by atoms with E-state index in [4.69, 9.17) is 9.29 Å². The van der Waals surface area contributed by atoms with Gasteiger partial charge in [-0.3, -0.25) is 4.55 Å². The first kappa shape index (κ1) is 26.6. The SMILES string of the molecule is CCCCCCCCCCCCOC(=O)C(CC)OS(=O)(=O)O.[Na+]. The standard InChI is InChI=1S/C16H32O6S.Na/c1-3-5-6-7-8-9-10-11-12-13-14-21-16(17)15(4-2)22-23(18,19)20;/h15H,3-14H2,1-2H3,(H,18,19,20);/q;+1. The predicted molar refractivity (Wildman–Crippen MR) is 89.5 cm³/mol. The average molecular weight is 375 g/mol. The minimum atomic E-state index is -4.64. The maximum absolute atomic E-state index is 11.6. The van der Waals surface area contributed by atoms with Gasteiger partial charge in [-0.1, -0.05) is 71.6 Å². The van der Waals surface area contributed by atoms with Gasteiger partial charge in [-0.05, 0) is 12.8 Å². The van der Waals surface area contributed by atoms with Gasteiger partial charge in [0, 0.05) is 0 Å². The number of esters is 1. The van der Waals surface area contributed by atoms with Crippen molar-refractivity contribution in [3.8, 4) is 0 Å². The Morgan fingerprint density at radius 1 is 0.917 bits per heavy atom. The third kappa shape index (κ3) is 17.2. The summed E-state index contributed by atoms with van der Waals surface area (Å²) in [6.07, 6.45) is 10.7. The van der Waals surface area contributed by atoms with Crippen LogP contribution in [0.25, 0.3) is 0 Å². The zero-order chi connectivity index (χ0) is 17.6. The molecule has 0 radical (unpaired) electrons. The van der Waals surface area contributed by atoms with Crippen LogP contribution in [0.4, 0.5) is 0 Å². The van der Waals surface area contributed by atoms with Crippen molar-refractivity contribution in [2.45, 2.75) is 90.6 Å². The number of unbranched alkanes of at least 4 members (excludes halogenated alkanes) is 9. The molecular weight excluding hydrogens is 343 g/mol. The van der Waals surface area contributed by atoms with Crippen molar-refractivity contribution >= 4 is 16.4 Å². The molecule has 0 fully saturated rings. The Morgan fingerprint density at radius 2 is 1.38 bits per heavy atom. The van der Waals surface area contributed by atoms with Crippen LogP contribution in [0, 0.1) is 0 Å². The van der Waals surface area contributed by atoms with Crippen LogP contribution < -0.4 is 29.6 Å². The number of carbonyl (C=O) groups excluding carboxylic acids is 1. The van der Waals surface area contributed by atoms with Gasteiger partial charge in [-0.2, -0.15) is 8.42 Å². The second-order valence-corrected chi connectivity index (χ2v) is 6.82. The fourth-order valence-electron chi connectivity index (χ4n) is 2.28. The molecule has 0 saturated carbocycles. The molecule has 0 aromatic rings. The second-order valence-electron chi connectivity index (χ2n) is 5.77. The molecule has 6 nitrogen and oxygen atoms in total. The molecule has 1 N–H and O–H groups in total. The smallest absolute Gasteiger partial charge is 0.464 e. The summed E-state index contributed by atoms with van der Waals surface area (Å²) in [5, 5.41) is 0. The number of ether oxygens (including phenoxy) is 1. The van der Waals surface area contributed by atoms with Crippen molar-refractivity contribution in [2.75, 3.05) is 6.61 Å². The predicted octanol–water partition coefficient (Wildman–Crippen LogP) is 1.05. The molecule has 0 aliphatic heterocycles. The van der Waals surface area contributed by atoms with Gasteiger partial charge >= 0.3 is 45.9 Å². The molecule has 0 aromatic heterocycles. The molecule has 0 saturated heterocycles. The molecular formula is C16H32NaO6S+. The summed E-state index contributed by atoms with van der Waals surface area (Å²) in [5.74, 6) is -0.749. The van der Waals surface area contributed by atoms with Gasteiger partial charge in [0.05, 0.1) is 6.61 Å². The summed E-state index contributed by atoms with van der Waals surface area (Å²) in [6, 6.07) is 0. The van der Waals surface area contributed by atoms with Gasteiger partial charge in [0.15, 0.2) is 6.10 Å². The molecule has 0 spiro atoms. The van der Waals surface area contributed by atoms with Crippen LogP contribution in [0.1, 0.15) is 84.5 Å². The van der Waals surface area contributed by atoms with Crippen molar-refractivity contribution in [3.63, 3.8) is 0 Å². The van der Waals surface area contributed by atoms with E-state index in [9.17, 15) is 13.2 Å². The summed E-state index contributed by atoms with van der Waals surface area (Å²) in [7, 11) is -4.64. The van der Waals surface area contributed by atoms with Crippen molar-refractivity contribution in [3.05, 3.63) is 0 Å². The summed E-state index contributed by atoms with van der Waals surface area (Å²) >= 11 is 0. The van der Waals surface area contributed by atoms with Crippen molar-refractivity contribution < 1.29 is 56.2 Å². The third-order valence-electron chi connectivity index (χ3n) is 3.61. The Labute approximate surface area is 169 Å². The van der Waals surface area contributed by atoms with Crippen LogP contribution in [0.3, 0.4) is 0 Å². The van der Waals surface area contributed by atoms with E-state index < -0.39 is 22.5 Å². The van der Waals surface area contributed by atoms with Crippen LogP contribution in [-0.4, -0.2) is 31.7 Å². The van der Waals surface area contributed by atoms with Gasteiger partial charge in [0.1, 0.15) is 0 Å². The molecule has 8 heteroatoms. The Balaban J connectivity index is 0. The van der Waals surface area contributed by atoms with E-state index in [1.807, 2.05) is 0 Å². The summed E-state index contributed by atoms with van der Waals surface area (Å²) in [4.78, 5) is 11.6. The number of hydrogen-bond acceptors (Lipinski definition) is 5. The monoisotopic (exact) mass is 375 g/mol. The largest absolute Gasteiger partial charge is 1.00 e. The molecule has 0 rings (SSSR count). The van der Waals surface area contributed by atoms with Crippen LogP contribution in [0.15, 0.2) is 0 Å². The van der Waals surface area contributed by atoms with Crippen LogP contribution in [-0.2, 0) is 24.1 Å². The summed E-state index contributed by atoms with van der Waals surface area (Å²) < 4.78 is 39.0. The van der Waals surface area contributed by atoms with Gasteiger partial charge in [0.2, 0.25) is 0 Å². The van der Waals surface area contributed by atoms with Gasteiger partial charge in [-0.15, -0.1) is 0 Å². The Bertz CT molecular complexity index is 399. The number of rotatable bonds is 15. The van der Waals surface area contributed by atoms with E-state index in [0.717, 1.165) is 19.3 Å². The van der Waals surface area contributed by atoms with Gasteiger partial charge in [-0.25, -0.2) is 8.98 Å². The Morgan fingerprint density at radius 3 is 1.79 bits per heavy atom. The zero-order valence-electron chi connectivity index (χ0n) is 15.5. The van der Waals surface area contributed by atoms with Gasteiger partial charge in [0.25, 0.3) is 0 Å². The topological polar surface area (TPSA) is 89.9 Å². The Kier molecular flexibility index (Phi) is 18.6. The van der Waals surface area contributed by atoms with E-state index in [1.165, 1.54) is 44.9 Å². The molecule has 0 heterocycles. The molecule has 0 aliphatic carbocycles. The number of carbonyl (C=O) groups is 1. The fourth-order valence-corrected chi connectivity index (χ4v) is 2.78. The molecule has 138 valence electrons. The van der Waals surface area contributed by atoms with Crippen molar-refractivity contribution in [1.29, 1.82) is 0 Å². The van der Waals surface area contributed by atoms with E-state index in [2.05, 4.69) is 11.1 Å². The molecule has 1 unspecified atom stereocenters. The third-order valence-corrected chi connectivity index (χ3v) is 4.09.